The lowest BCUT2D eigenvalue weighted by Gasteiger charge is -2.12. The first-order valence-electron chi connectivity index (χ1n) is 7.75. The minimum Gasteiger partial charge on any atom is -0.493 e. The van der Waals surface area contributed by atoms with Crippen LogP contribution in [0.1, 0.15) is 12.5 Å². The van der Waals surface area contributed by atoms with E-state index in [0.717, 1.165) is 14.8 Å². The summed E-state index contributed by atoms with van der Waals surface area (Å²) in [5.74, 6) is 1.11. The zero-order valence-corrected chi connectivity index (χ0v) is 16.2. The summed E-state index contributed by atoms with van der Waals surface area (Å²) >= 11 is 2.18. The average Bonchev–Trinajstić information content (AvgIpc) is 2.63. The summed E-state index contributed by atoms with van der Waals surface area (Å²) in [6.07, 6.45) is 1.57. The van der Waals surface area contributed by atoms with Crippen LogP contribution < -0.4 is 20.2 Å². The van der Waals surface area contributed by atoms with Gasteiger partial charge in [-0.05, 0) is 59.3 Å². The first-order chi connectivity index (χ1) is 12.1. The van der Waals surface area contributed by atoms with Gasteiger partial charge in [-0.25, -0.2) is 5.43 Å². The van der Waals surface area contributed by atoms with Crippen LogP contribution in [-0.2, 0) is 4.79 Å². The SMILES string of the molecule is CCOc1c(I)cc(/C=N\NC(=O)CNc2ccccc2)cc1OC. The van der Waals surface area contributed by atoms with E-state index in [1.165, 1.54) is 0 Å². The lowest BCUT2D eigenvalue weighted by molar-refractivity contribution is -0.119. The second-order valence-corrected chi connectivity index (χ2v) is 6.14. The lowest BCUT2D eigenvalue weighted by atomic mass is 10.2. The van der Waals surface area contributed by atoms with E-state index in [-0.39, 0.29) is 12.5 Å². The van der Waals surface area contributed by atoms with Gasteiger partial charge in [-0.1, -0.05) is 18.2 Å². The molecule has 7 heteroatoms. The Hall–Kier alpha value is -2.29. The number of methoxy groups -OCH3 is 1. The Balaban J connectivity index is 1.92. The van der Waals surface area contributed by atoms with Gasteiger partial charge in [-0.15, -0.1) is 0 Å². The third-order valence-corrected chi connectivity index (χ3v) is 3.97. The molecule has 6 nitrogen and oxygen atoms in total. The number of hydrogen-bond donors (Lipinski definition) is 2. The van der Waals surface area contributed by atoms with E-state index in [9.17, 15) is 4.79 Å². The van der Waals surface area contributed by atoms with Crippen molar-refractivity contribution in [1.29, 1.82) is 0 Å². The fraction of sp³-hybridized carbons (Fsp3) is 0.222. The molecule has 0 aliphatic carbocycles. The van der Waals surface area contributed by atoms with Crippen LogP contribution in [0.4, 0.5) is 5.69 Å². The number of benzene rings is 2. The molecule has 0 bridgehead atoms. The standard InChI is InChI=1S/C18H20IN3O3/c1-3-25-18-15(19)9-13(10-16(18)24-2)11-21-22-17(23)12-20-14-7-5-4-6-8-14/h4-11,20H,3,12H2,1-2H3,(H,22,23)/b21-11-. The van der Waals surface area contributed by atoms with Gasteiger partial charge in [0, 0.05) is 5.69 Å². The van der Waals surface area contributed by atoms with Crippen molar-refractivity contribution in [2.24, 2.45) is 5.10 Å². The Morgan fingerprint density at radius 1 is 1.28 bits per heavy atom. The average molecular weight is 453 g/mol. The van der Waals surface area contributed by atoms with E-state index < -0.39 is 0 Å². The molecule has 25 heavy (non-hydrogen) atoms. The van der Waals surface area contributed by atoms with Crippen molar-refractivity contribution in [3.05, 3.63) is 51.6 Å². The number of hydrogen-bond acceptors (Lipinski definition) is 5. The molecule has 0 radical (unpaired) electrons. The molecule has 0 unspecified atom stereocenters. The largest absolute Gasteiger partial charge is 0.493 e. The van der Waals surface area contributed by atoms with Crippen LogP contribution in [0.3, 0.4) is 0 Å². The smallest absolute Gasteiger partial charge is 0.259 e. The highest BCUT2D eigenvalue weighted by atomic mass is 127. The van der Waals surface area contributed by atoms with Crippen molar-refractivity contribution < 1.29 is 14.3 Å². The summed E-state index contributed by atoms with van der Waals surface area (Å²) in [6, 6.07) is 13.2. The molecule has 2 N–H and O–H groups in total. The van der Waals surface area contributed by atoms with Crippen LogP contribution in [0, 0.1) is 3.57 Å². The third kappa shape index (κ3) is 5.93. The molecule has 132 valence electrons. The summed E-state index contributed by atoms with van der Waals surface area (Å²) in [5.41, 5.74) is 4.18. The molecule has 0 spiro atoms. The monoisotopic (exact) mass is 453 g/mol. The highest BCUT2D eigenvalue weighted by Gasteiger charge is 2.10. The molecule has 0 heterocycles. The van der Waals surface area contributed by atoms with E-state index in [0.29, 0.717) is 18.1 Å². The molecule has 0 aromatic heterocycles. The number of para-hydroxylation sites is 1. The van der Waals surface area contributed by atoms with E-state index in [1.807, 2.05) is 49.4 Å². The van der Waals surface area contributed by atoms with E-state index >= 15 is 0 Å². The maximum absolute atomic E-state index is 11.8. The van der Waals surface area contributed by atoms with Gasteiger partial charge in [0.2, 0.25) is 0 Å². The van der Waals surface area contributed by atoms with Crippen LogP contribution in [0.2, 0.25) is 0 Å². The first-order valence-corrected chi connectivity index (χ1v) is 8.83. The second kappa shape index (κ2) is 9.87. The summed E-state index contributed by atoms with van der Waals surface area (Å²) in [7, 11) is 1.59. The second-order valence-electron chi connectivity index (χ2n) is 4.98. The van der Waals surface area contributed by atoms with Crippen molar-refractivity contribution in [2.45, 2.75) is 6.92 Å². The molecule has 2 aromatic rings. The molecule has 0 fully saturated rings. The number of hydrazone groups is 1. The molecule has 0 saturated heterocycles. The Morgan fingerprint density at radius 3 is 2.72 bits per heavy atom. The Labute approximate surface area is 160 Å². The number of amides is 1. The van der Waals surface area contributed by atoms with Gasteiger partial charge in [0.15, 0.2) is 11.5 Å². The van der Waals surface area contributed by atoms with Crippen LogP contribution in [-0.4, -0.2) is 32.4 Å². The zero-order chi connectivity index (χ0) is 18.1. The fourth-order valence-corrected chi connectivity index (χ4v) is 2.84. The number of carbonyl (C=O) groups is 1. The van der Waals surface area contributed by atoms with Gasteiger partial charge in [0.25, 0.3) is 5.91 Å². The van der Waals surface area contributed by atoms with Crippen LogP contribution >= 0.6 is 22.6 Å². The van der Waals surface area contributed by atoms with Crippen molar-refractivity contribution in [3.63, 3.8) is 0 Å². The van der Waals surface area contributed by atoms with Gasteiger partial charge in [0.1, 0.15) is 0 Å². The topological polar surface area (TPSA) is 72.0 Å². The summed E-state index contributed by atoms with van der Waals surface area (Å²) < 4.78 is 11.8. The van der Waals surface area contributed by atoms with Gasteiger partial charge in [-0.2, -0.15) is 5.10 Å². The maximum atomic E-state index is 11.8. The Morgan fingerprint density at radius 2 is 2.04 bits per heavy atom. The van der Waals surface area contributed by atoms with Gasteiger partial charge < -0.3 is 14.8 Å². The fourth-order valence-electron chi connectivity index (χ4n) is 2.06. The Bertz CT molecular complexity index is 736. The number of carbonyl (C=O) groups excluding carboxylic acids is 1. The highest BCUT2D eigenvalue weighted by Crippen LogP contribution is 2.33. The number of rotatable bonds is 8. The van der Waals surface area contributed by atoms with E-state index in [1.54, 1.807) is 13.3 Å². The van der Waals surface area contributed by atoms with Gasteiger partial charge in [-0.3, -0.25) is 4.79 Å². The summed E-state index contributed by atoms with van der Waals surface area (Å²) in [4.78, 5) is 11.8. The molecule has 0 atom stereocenters. The maximum Gasteiger partial charge on any atom is 0.259 e. The highest BCUT2D eigenvalue weighted by molar-refractivity contribution is 14.1. The molecular formula is C18H20IN3O3. The number of halogens is 1. The van der Waals surface area contributed by atoms with Gasteiger partial charge >= 0.3 is 0 Å². The van der Waals surface area contributed by atoms with Crippen molar-refractivity contribution >= 4 is 40.4 Å². The van der Waals surface area contributed by atoms with Crippen molar-refractivity contribution in [1.82, 2.24) is 5.43 Å². The quantitative estimate of drug-likeness (QED) is 0.366. The Kier molecular flexibility index (Phi) is 7.52. The summed E-state index contributed by atoms with van der Waals surface area (Å²) in [6.45, 7) is 2.62. The first kappa shape index (κ1) is 19.0. The minimum absolute atomic E-state index is 0.144. The predicted molar refractivity (Wildman–Crippen MR) is 108 cm³/mol. The lowest BCUT2D eigenvalue weighted by Crippen LogP contribution is -2.25. The van der Waals surface area contributed by atoms with Crippen molar-refractivity contribution in [3.8, 4) is 11.5 Å². The van der Waals surface area contributed by atoms with Crippen LogP contribution in [0.5, 0.6) is 11.5 Å². The molecule has 1 amide bonds. The molecule has 2 aromatic carbocycles. The summed E-state index contributed by atoms with van der Waals surface area (Å²) in [5, 5.41) is 7.00. The van der Waals surface area contributed by atoms with E-state index in [4.69, 9.17) is 9.47 Å². The molecule has 0 aliphatic heterocycles. The minimum atomic E-state index is -0.229. The van der Waals surface area contributed by atoms with E-state index in [2.05, 4.69) is 38.4 Å². The van der Waals surface area contributed by atoms with Gasteiger partial charge in [0.05, 0.1) is 30.0 Å². The molecular weight excluding hydrogens is 433 g/mol. The third-order valence-electron chi connectivity index (χ3n) is 3.17. The number of anilines is 1. The molecule has 2 rings (SSSR count). The molecule has 0 saturated carbocycles. The number of nitrogens with zero attached hydrogens (tertiary/aromatic N) is 1. The molecule has 0 aliphatic rings. The van der Waals surface area contributed by atoms with Crippen molar-refractivity contribution in [2.75, 3.05) is 25.6 Å². The predicted octanol–water partition coefficient (Wildman–Crippen LogP) is 3.26. The normalized spacial score (nSPS) is 10.5. The number of ether oxygens (including phenoxy) is 2. The van der Waals surface area contributed by atoms with Crippen LogP contribution in [0.25, 0.3) is 0 Å². The van der Waals surface area contributed by atoms with Crippen LogP contribution in [0.15, 0.2) is 47.6 Å². The zero-order valence-electron chi connectivity index (χ0n) is 14.1. The number of nitrogens with one attached hydrogen (secondary N) is 2.